The molecule has 0 aliphatic heterocycles. The van der Waals surface area contributed by atoms with Crippen molar-refractivity contribution in [2.75, 3.05) is 0 Å². The summed E-state index contributed by atoms with van der Waals surface area (Å²) in [6.07, 6.45) is 0. The number of aromatic hydroxyl groups is 1. The monoisotopic (exact) mass is 436 g/mol. The van der Waals surface area contributed by atoms with Gasteiger partial charge in [0, 0.05) is 16.8 Å². The van der Waals surface area contributed by atoms with Gasteiger partial charge in [-0.25, -0.2) is 13.8 Å². The molecule has 0 aliphatic carbocycles. The van der Waals surface area contributed by atoms with Gasteiger partial charge in [-0.1, -0.05) is 24.0 Å². The van der Waals surface area contributed by atoms with Crippen molar-refractivity contribution in [3.8, 4) is 17.6 Å². The number of aromatic nitrogens is 1. The predicted octanol–water partition coefficient (Wildman–Crippen LogP) is 4.02. The maximum Gasteiger partial charge on any atom is 0.270 e. The van der Waals surface area contributed by atoms with Crippen LogP contribution < -0.4 is 5.32 Å². The molecule has 0 aliphatic rings. The van der Waals surface area contributed by atoms with Gasteiger partial charge in [0.2, 0.25) is 0 Å². The molecule has 3 rings (SSSR count). The molecule has 7 heteroatoms. The minimum atomic E-state index is -1.21. The minimum absolute atomic E-state index is 0.0491. The highest BCUT2D eigenvalue weighted by Gasteiger charge is 2.22. The van der Waals surface area contributed by atoms with Crippen LogP contribution in [0, 0.1) is 30.4 Å². The lowest BCUT2D eigenvalue weighted by Gasteiger charge is -2.21. The first-order valence-corrected chi connectivity index (χ1v) is 9.81. The first-order chi connectivity index (χ1) is 15.0. The third-order valence-corrected chi connectivity index (χ3v) is 4.48. The highest BCUT2D eigenvalue weighted by Crippen LogP contribution is 2.30. The topological polar surface area (TPSA) is 82.5 Å². The standard InChI is InChI=1S/C25H22F2N2O3/c1-15-12-16(10-11-25(2,3)32)13-21(28-15)24(31)29-23(17-4-6-18(26)7-5-17)20-14-19(27)8-9-22(20)30/h4-9,12-14,23,30,32H,1-3H3,(H,29,31)/t23-/m1/s1. The van der Waals surface area contributed by atoms with E-state index in [1.54, 1.807) is 26.8 Å². The Morgan fingerprint density at radius 1 is 1.06 bits per heavy atom. The number of rotatable bonds is 4. The Hall–Kier alpha value is -3.76. The van der Waals surface area contributed by atoms with E-state index in [1.807, 2.05) is 0 Å². The summed E-state index contributed by atoms with van der Waals surface area (Å²) in [6, 6.07) is 10.9. The van der Waals surface area contributed by atoms with E-state index in [9.17, 15) is 23.8 Å². The molecule has 164 valence electrons. The summed E-state index contributed by atoms with van der Waals surface area (Å²) in [7, 11) is 0. The second kappa shape index (κ2) is 9.16. The molecule has 0 saturated carbocycles. The molecule has 32 heavy (non-hydrogen) atoms. The van der Waals surface area contributed by atoms with Gasteiger partial charge in [0.15, 0.2) is 0 Å². The molecule has 0 radical (unpaired) electrons. The number of benzene rings is 2. The Morgan fingerprint density at radius 2 is 1.72 bits per heavy atom. The van der Waals surface area contributed by atoms with Crippen LogP contribution >= 0.6 is 0 Å². The van der Waals surface area contributed by atoms with Crippen molar-refractivity contribution in [1.82, 2.24) is 10.3 Å². The number of carbonyl (C=O) groups excluding carboxylic acids is 1. The molecule has 5 nitrogen and oxygen atoms in total. The van der Waals surface area contributed by atoms with Crippen molar-refractivity contribution in [2.24, 2.45) is 0 Å². The van der Waals surface area contributed by atoms with Gasteiger partial charge in [-0.15, -0.1) is 0 Å². The number of phenols is 1. The van der Waals surface area contributed by atoms with Crippen LogP contribution in [0.3, 0.4) is 0 Å². The average Bonchev–Trinajstić information content (AvgIpc) is 2.72. The second-order valence-corrected chi connectivity index (χ2v) is 7.85. The SMILES string of the molecule is Cc1cc(C#CC(C)(C)O)cc(C(=O)N[C@H](c2ccc(F)cc2)c2cc(F)ccc2O)n1. The van der Waals surface area contributed by atoms with Crippen LogP contribution in [0.25, 0.3) is 0 Å². The van der Waals surface area contributed by atoms with E-state index in [2.05, 4.69) is 22.1 Å². The Labute approximate surface area is 184 Å². The molecule has 0 bridgehead atoms. The van der Waals surface area contributed by atoms with E-state index in [4.69, 9.17) is 0 Å². The second-order valence-electron chi connectivity index (χ2n) is 7.85. The van der Waals surface area contributed by atoms with Crippen LogP contribution in [0.5, 0.6) is 5.75 Å². The molecule has 0 saturated heterocycles. The third kappa shape index (κ3) is 5.90. The fourth-order valence-corrected chi connectivity index (χ4v) is 3.04. The predicted molar refractivity (Wildman–Crippen MR) is 116 cm³/mol. The first-order valence-electron chi connectivity index (χ1n) is 9.81. The first kappa shape index (κ1) is 22.9. The van der Waals surface area contributed by atoms with E-state index in [-0.39, 0.29) is 17.0 Å². The molecule has 1 amide bonds. The van der Waals surface area contributed by atoms with E-state index < -0.39 is 29.2 Å². The zero-order chi connectivity index (χ0) is 23.5. The summed E-state index contributed by atoms with van der Waals surface area (Å²) in [6.45, 7) is 4.78. The van der Waals surface area contributed by atoms with Crippen LogP contribution in [0.4, 0.5) is 8.78 Å². The average molecular weight is 436 g/mol. The summed E-state index contributed by atoms with van der Waals surface area (Å²) >= 11 is 0. The molecule has 0 spiro atoms. The molecule has 2 aromatic carbocycles. The summed E-state index contributed by atoms with van der Waals surface area (Å²) < 4.78 is 27.3. The van der Waals surface area contributed by atoms with Crippen molar-refractivity contribution >= 4 is 5.91 Å². The van der Waals surface area contributed by atoms with E-state index >= 15 is 0 Å². The lowest BCUT2D eigenvalue weighted by atomic mass is 9.97. The lowest BCUT2D eigenvalue weighted by molar-refractivity contribution is 0.0937. The molecular formula is C25H22F2N2O3. The largest absolute Gasteiger partial charge is 0.508 e. The quantitative estimate of drug-likeness (QED) is 0.540. The maximum atomic E-state index is 13.9. The molecule has 3 aromatic rings. The fourth-order valence-electron chi connectivity index (χ4n) is 3.04. The Morgan fingerprint density at radius 3 is 2.38 bits per heavy atom. The lowest BCUT2D eigenvalue weighted by Crippen LogP contribution is -2.30. The number of phenolic OH excluding ortho intramolecular Hbond substituents is 1. The van der Waals surface area contributed by atoms with Crippen molar-refractivity contribution in [2.45, 2.75) is 32.4 Å². The number of hydrogen-bond acceptors (Lipinski definition) is 4. The number of halogens is 2. The van der Waals surface area contributed by atoms with E-state index in [0.717, 1.165) is 12.1 Å². The molecule has 0 fully saturated rings. The van der Waals surface area contributed by atoms with Crippen molar-refractivity contribution < 1.29 is 23.8 Å². The number of pyridine rings is 1. The number of nitrogens with one attached hydrogen (secondary N) is 1. The molecule has 1 atom stereocenters. The third-order valence-electron chi connectivity index (χ3n) is 4.48. The van der Waals surface area contributed by atoms with Gasteiger partial charge < -0.3 is 15.5 Å². The normalized spacial score (nSPS) is 11.9. The summed E-state index contributed by atoms with van der Waals surface area (Å²) in [4.78, 5) is 17.3. The number of aryl methyl sites for hydroxylation is 1. The smallest absolute Gasteiger partial charge is 0.270 e. The van der Waals surface area contributed by atoms with Crippen LogP contribution in [0.15, 0.2) is 54.6 Å². The van der Waals surface area contributed by atoms with Gasteiger partial charge in [0.05, 0.1) is 6.04 Å². The van der Waals surface area contributed by atoms with Crippen molar-refractivity contribution in [1.29, 1.82) is 0 Å². The number of aliphatic hydroxyl groups is 1. The molecule has 3 N–H and O–H groups in total. The van der Waals surface area contributed by atoms with Gasteiger partial charge in [-0.05, 0) is 68.8 Å². The number of hydrogen-bond donors (Lipinski definition) is 3. The van der Waals surface area contributed by atoms with E-state index in [1.165, 1.54) is 36.4 Å². The number of nitrogens with zero attached hydrogens (tertiary/aromatic N) is 1. The van der Waals surface area contributed by atoms with Crippen LogP contribution in [-0.2, 0) is 0 Å². The Bertz CT molecular complexity index is 1210. The van der Waals surface area contributed by atoms with E-state index in [0.29, 0.717) is 16.8 Å². The van der Waals surface area contributed by atoms with Gasteiger partial charge in [-0.2, -0.15) is 0 Å². The Balaban J connectivity index is 2.00. The fraction of sp³-hybridized carbons (Fsp3) is 0.200. The highest BCUT2D eigenvalue weighted by molar-refractivity contribution is 5.93. The minimum Gasteiger partial charge on any atom is -0.508 e. The van der Waals surface area contributed by atoms with Crippen molar-refractivity contribution in [3.63, 3.8) is 0 Å². The van der Waals surface area contributed by atoms with Crippen LogP contribution in [0.2, 0.25) is 0 Å². The van der Waals surface area contributed by atoms with Gasteiger partial charge in [-0.3, -0.25) is 4.79 Å². The zero-order valence-electron chi connectivity index (χ0n) is 17.8. The van der Waals surface area contributed by atoms with Crippen molar-refractivity contribution in [3.05, 3.63) is 94.3 Å². The molecule has 0 unspecified atom stereocenters. The van der Waals surface area contributed by atoms with Gasteiger partial charge >= 0.3 is 0 Å². The van der Waals surface area contributed by atoms with Crippen LogP contribution in [0.1, 0.15) is 52.8 Å². The van der Waals surface area contributed by atoms with Gasteiger partial charge in [0.25, 0.3) is 5.91 Å². The number of carbonyl (C=O) groups is 1. The summed E-state index contributed by atoms with van der Waals surface area (Å²) in [5.74, 6) is 3.59. The maximum absolute atomic E-state index is 13.9. The zero-order valence-corrected chi connectivity index (χ0v) is 17.8. The van der Waals surface area contributed by atoms with Gasteiger partial charge in [0.1, 0.15) is 28.7 Å². The highest BCUT2D eigenvalue weighted by atomic mass is 19.1. The van der Waals surface area contributed by atoms with Crippen LogP contribution in [-0.4, -0.2) is 26.7 Å². The molecule has 1 aromatic heterocycles. The summed E-state index contributed by atoms with van der Waals surface area (Å²) in [5, 5.41) is 22.8. The Kier molecular flexibility index (Phi) is 6.56. The summed E-state index contributed by atoms with van der Waals surface area (Å²) in [5.41, 5.74) is 0.409. The number of amides is 1. The molecular weight excluding hydrogens is 414 g/mol. The molecule has 1 heterocycles.